The summed E-state index contributed by atoms with van der Waals surface area (Å²) in [6, 6.07) is 0. The lowest BCUT2D eigenvalue weighted by atomic mass is 10.3. The fraction of sp³-hybridized carbons (Fsp3) is 0.111. The van der Waals surface area contributed by atoms with Crippen molar-refractivity contribution in [2.75, 3.05) is 5.32 Å². The summed E-state index contributed by atoms with van der Waals surface area (Å²) in [5, 5.41) is 6.10. The fourth-order valence-corrected chi connectivity index (χ4v) is 2.01. The molecule has 0 aromatic carbocycles. The first-order chi connectivity index (χ1) is 8.08. The van der Waals surface area contributed by atoms with Crippen molar-refractivity contribution < 1.29 is 9.32 Å². The van der Waals surface area contributed by atoms with Gasteiger partial charge in [0.25, 0.3) is 5.91 Å². The van der Waals surface area contributed by atoms with Gasteiger partial charge in [-0.25, -0.2) is 9.97 Å². The minimum atomic E-state index is -0.419. The number of anilines is 1. The highest BCUT2D eigenvalue weighted by Gasteiger charge is 2.16. The molecule has 0 bridgehead atoms. The van der Waals surface area contributed by atoms with Crippen LogP contribution in [0.4, 0.5) is 5.82 Å². The first-order valence-electron chi connectivity index (χ1n) is 4.48. The van der Waals surface area contributed by atoms with Crippen molar-refractivity contribution in [2.24, 2.45) is 0 Å². The molecule has 0 atom stereocenters. The third-order valence-corrected chi connectivity index (χ3v) is 2.82. The van der Waals surface area contributed by atoms with E-state index in [2.05, 4.69) is 52.3 Å². The molecule has 0 radical (unpaired) electrons. The van der Waals surface area contributed by atoms with Crippen molar-refractivity contribution in [3.05, 3.63) is 32.9 Å². The Balaban J connectivity index is 2.22. The van der Waals surface area contributed by atoms with Gasteiger partial charge in [0.05, 0.1) is 12.4 Å². The van der Waals surface area contributed by atoms with E-state index in [9.17, 15) is 4.79 Å². The predicted molar refractivity (Wildman–Crippen MR) is 66.6 cm³/mol. The van der Waals surface area contributed by atoms with Crippen LogP contribution in [-0.4, -0.2) is 21.0 Å². The molecule has 0 aliphatic carbocycles. The molecule has 88 valence electrons. The van der Waals surface area contributed by atoms with Gasteiger partial charge in [-0.05, 0) is 38.8 Å². The molecule has 8 heteroatoms. The van der Waals surface area contributed by atoms with Gasteiger partial charge in [0.1, 0.15) is 9.21 Å². The van der Waals surface area contributed by atoms with E-state index in [0.717, 1.165) is 0 Å². The lowest BCUT2D eigenvalue weighted by Gasteiger charge is -2.04. The normalized spacial score (nSPS) is 10.3. The van der Waals surface area contributed by atoms with Crippen LogP contribution in [0.5, 0.6) is 0 Å². The number of hydrogen-bond donors (Lipinski definition) is 1. The van der Waals surface area contributed by atoms with Gasteiger partial charge in [-0.15, -0.1) is 0 Å². The molecule has 0 saturated heterocycles. The van der Waals surface area contributed by atoms with E-state index in [4.69, 9.17) is 4.52 Å². The second-order valence-corrected chi connectivity index (χ2v) is 4.69. The van der Waals surface area contributed by atoms with E-state index in [0.29, 0.717) is 20.6 Å². The lowest BCUT2D eigenvalue weighted by Crippen LogP contribution is -2.14. The SMILES string of the molecule is Cc1cnoc1C(=O)Nc1ncc(Br)nc1Br. The molecule has 0 saturated carbocycles. The number of halogens is 2. The molecular weight excluding hydrogens is 356 g/mol. The van der Waals surface area contributed by atoms with Crippen LogP contribution in [0.3, 0.4) is 0 Å². The summed E-state index contributed by atoms with van der Waals surface area (Å²) in [7, 11) is 0. The topological polar surface area (TPSA) is 80.9 Å². The van der Waals surface area contributed by atoms with Crippen LogP contribution < -0.4 is 5.32 Å². The Morgan fingerprint density at radius 3 is 2.76 bits per heavy atom. The largest absolute Gasteiger partial charge is 0.351 e. The van der Waals surface area contributed by atoms with Crippen molar-refractivity contribution in [1.82, 2.24) is 15.1 Å². The van der Waals surface area contributed by atoms with Crippen LogP contribution in [0.15, 0.2) is 26.1 Å². The third-order valence-electron chi connectivity index (χ3n) is 1.89. The van der Waals surface area contributed by atoms with Crippen LogP contribution in [0.25, 0.3) is 0 Å². The second kappa shape index (κ2) is 4.92. The molecule has 6 nitrogen and oxygen atoms in total. The number of carbonyl (C=O) groups is 1. The summed E-state index contributed by atoms with van der Waals surface area (Å²) < 4.78 is 5.82. The van der Waals surface area contributed by atoms with E-state index in [1.807, 2.05) is 0 Å². The molecule has 0 unspecified atom stereocenters. The Morgan fingerprint density at radius 2 is 2.18 bits per heavy atom. The first kappa shape index (κ1) is 12.2. The maximum Gasteiger partial charge on any atom is 0.295 e. The van der Waals surface area contributed by atoms with Gasteiger partial charge in [0.2, 0.25) is 5.76 Å². The van der Waals surface area contributed by atoms with Gasteiger partial charge in [0, 0.05) is 5.56 Å². The Hall–Kier alpha value is -1.28. The Morgan fingerprint density at radius 1 is 1.41 bits per heavy atom. The maximum absolute atomic E-state index is 11.8. The minimum absolute atomic E-state index is 0.154. The van der Waals surface area contributed by atoms with Gasteiger partial charge in [0.15, 0.2) is 5.82 Å². The molecule has 2 rings (SSSR count). The first-order valence-corrected chi connectivity index (χ1v) is 6.07. The minimum Gasteiger partial charge on any atom is -0.351 e. The summed E-state index contributed by atoms with van der Waals surface area (Å²) in [5.41, 5.74) is 0.656. The fourth-order valence-electron chi connectivity index (χ4n) is 1.10. The molecule has 2 aromatic rings. The summed E-state index contributed by atoms with van der Waals surface area (Å²) in [4.78, 5) is 19.8. The average Bonchev–Trinajstić information content (AvgIpc) is 2.68. The highest BCUT2D eigenvalue weighted by molar-refractivity contribution is 9.11. The number of nitrogens with zero attached hydrogens (tertiary/aromatic N) is 3. The monoisotopic (exact) mass is 360 g/mol. The van der Waals surface area contributed by atoms with Crippen molar-refractivity contribution in [3.63, 3.8) is 0 Å². The molecule has 1 N–H and O–H groups in total. The zero-order chi connectivity index (χ0) is 12.4. The highest BCUT2D eigenvalue weighted by Crippen LogP contribution is 2.20. The zero-order valence-electron chi connectivity index (χ0n) is 8.57. The molecule has 17 heavy (non-hydrogen) atoms. The summed E-state index contributed by atoms with van der Waals surface area (Å²) >= 11 is 6.36. The van der Waals surface area contributed by atoms with Crippen molar-refractivity contribution in [3.8, 4) is 0 Å². The molecule has 0 spiro atoms. The average molecular weight is 362 g/mol. The Bertz CT molecular complexity index is 570. The quantitative estimate of drug-likeness (QED) is 0.888. The lowest BCUT2D eigenvalue weighted by molar-refractivity contribution is 0.0986. The van der Waals surface area contributed by atoms with Crippen LogP contribution in [0.2, 0.25) is 0 Å². The van der Waals surface area contributed by atoms with Gasteiger partial charge in [-0.2, -0.15) is 0 Å². The smallest absolute Gasteiger partial charge is 0.295 e. The van der Waals surface area contributed by atoms with E-state index < -0.39 is 5.91 Å². The molecular formula is C9H6Br2N4O2. The highest BCUT2D eigenvalue weighted by atomic mass is 79.9. The summed E-state index contributed by atoms with van der Waals surface area (Å²) in [6.07, 6.45) is 2.95. The van der Waals surface area contributed by atoms with Crippen LogP contribution >= 0.6 is 31.9 Å². The van der Waals surface area contributed by atoms with Gasteiger partial charge >= 0.3 is 0 Å². The number of aryl methyl sites for hydroxylation is 1. The van der Waals surface area contributed by atoms with Gasteiger partial charge < -0.3 is 9.84 Å². The number of nitrogens with one attached hydrogen (secondary N) is 1. The third kappa shape index (κ3) is 2.70. The molecule has 0 aliphatic heterocycles. The maximum atomic E-state index is 11.8. The Labute approximate surface area is 113 Å². The van der Waals surface area contributed by atoms with Crippen LogP contribution in [0, 0.1) is 6.92 Å². The van der Waals surface area contributed by atoms with Gasteiger partial charge in [-0.1, -0.05) is 5.16 Å². The van der Waals surface area contributed by atoms with Gasteiger partial charge in [-0.3, -0.25) is 4.79 Å². The van der Waals surface area contributed by atoms with E-state index in [-0.39, 0.29) is 5.76 Å². The molecule has 0 aliphatic rings. The number of hydrogen-bond acceptors (Lipinski definition) is 5. The molecule has 0 fully saturated rings. The van der Waals surface area contributed by atoms with E-state index in [1.54, 1.807) is 6.92 Å². The number of amides is 1. The predicted octanol–water partition coefficient (Wildman–Crippen LogP) is 2.55. The van der Waals surface area contributed by atoms with E-state index >= 15 is 0 Å². The standard InChI is InChI=1S/C9H6Br2N4O2/c1-4-2-13-17-6(4)9(16)15-8-7(11)14-5(10)3-12-8/h2-3H,1H3,(H,12,15,16). The van der Waals surface area contributed by atoms with Crippen molar-refractivity contribution in [1.29, 1.82) is 0 Å². The number of carbonyl (C=O) groups excluding carboxylic acids is 1. The van der Waals surface area contributed by atoms with Crippen LogP contribution in [-0.2, 0) is 0 Å². The second-order valence-electron chi connectivity index (χ2n) is 3.12. The van der Waals surface area contributed by atoms with Crippen molar-refractivity contribution in [2.45, 2.75) is 6.92 Å². The van der Waals surface area contributed by atoms with Crippen LogP contribution in [0.1, 0.15) is 16.1 Å². The van der Waals surface area contributed by atoms with E-state index in [1.165, 1.54) is 12.4 Å². The summed E-state index contributed by atoms with van der Waals surface area (Å²) in [5.74, 6) is 0.0490. The molecule has 1 amide bonds. The zero-order valence-corrected chi connectivity index (χ0v) is 11.7. The number of rotatable bonds is 2. The summed E-state index contributed by atoms with van der Waals surface area (Å²) in [6.45, 7) is 1.73. The Kier molecular flexibility index (Phi) is 3.53. The molecule has 2 aromatic heterocycles. The van der Waals surface area contributed by atoms with Crippen molar-refractivity contribution >= 4 is 43.6 Å². The number of aromatic nitrogens is 3. The molecule has 2 heterocycles.